The molecule has 0 bridgehead atoms. The minimum absolute atomic E-state index is 0.443. The number of anilines is 5. The molecule has 3 aromatic carbocycles. The summed E-state index contributed by atoms with van der Waals surface area (Å²) in [6.45, 7) is 5.36. The third kappa shape index (κ3) is 5.12. The summed E-state index contributed by atoms with van der Waals surface area (Å²) in [5.74, 6) is 0.513. The highest BCUT2D eigenvalue weighted by Gasteiger charge is 2.19. The minimum atomic E-state index is 0.443. The molecule has 7 aromatic rings. The van der Waals surface area contributed by atoms with Crippen molar-refractivity contribution in [2.45, 2.75) is 6.92 Å². The Kier molecular flexibility index (Phi) is 6.65. The summed E-state index contributed by atoms with van der Waals surface area (Å²) in [6, 6.07) is 24.7. The number of ether oxygens (including phenoxy) is 1. The fourth-order valence-electron chi connectivity index (χ4n) is 5.45. The lowest BCUT2D eigenvalue weighted by molar-refractivity contribution is 0.122. The number of benzene rings is 3. The van der Waals surface area contributed by atoms with Crippen LogP contribution in [0, 0.1) is 6.92 Å². The van der Waals surface area contributed by atoms with Crippen molar-refractivity contribution < 1.29 is 9.15 Å². The van der Waals surface area contributed by atoms with E-state index in [-0.39, 0.29) is 0 Å². The first-order chi connectivity index (χ1) is 21.7. The first-order valence-electron chi connectivity index (χ1n) is 14.4. The summed E-state index contributed by atoms with van der Waals surface area (Å²) < 4.78 is 13.5. The van der Waals surface area contributed by atoms with Crippen LogP contribution in [0.4, 0.5) is 29.0 Å². The molecule has 1 saturated heterocycles. The fraction of sp³-hybridized carbons (Fsp3) is 0.152. The average molecular weight is 601 g/mol. The van der Waals surface area contributed by atoms with Crippen LogP contribution < -0.4 is 15.5 Å². The van der Waals surface area contributed by atoms with E-state index in [1.54, 1.807) is 17.5 Å². The maximum absolute atomic E-state index is 5.93. The van der Waals surface area contributed by atoms with Gasteiger partial charge in [0.05, 0.1) is 24.6 Å². The quantitative estimate of drug-likeness (QED) is 0.195. The zero-order valence-corrected chi connectivity index (χ0v) is 24.7. The number of nitrogens with zero attached hydrogens (tertiary/aromatic N) is 6. The summed E-state index contributed by atoms with van der Waals surface area (Å²) in [5.41, 5.74) is 9.07. The first kappa shape index (κ1) is 26.4. The van der Waals surface area contributed by atoms with Crippen LogP contribution in [0.5, 0.6) is 0 Å². The molecule has 0 aliphatic carbocycles. The fourth-order valence-corrected chi connectivity index (χ4v) is 6.16. The highest BCUT2D eigenvalue weighted by atomic mass is 32.1. The summed E-state index contributed by atoms with van der Waals surface area (Å²) >= 11 is 1.58. The number of aryl methyl sites for hydroxylation is 1. The van der Waals surface area contributed by atoms with Gasteiger partial charge in [0.2, 0.25) is 5.95 Å². The van der Waals surface area contributed by atoms with Gasteiger partial charge in [-0.05, 0) is 67.1 Å². The Morgan fingerprint density at radius 2 is 1.75 bits per heavy atom. The molecule has 0 amide bonds. The molecular weight excluding hydrogens is 572 g/mol. The summed E-state index contributed by atoms with van der Waals surface area (Å²) in [5, 5.41) is 8.71. The van der Waals surface area contributed by atoms with Gasteiger partial charge in [-0.1, -0.05) is 18.2 Å². The SMILES string of the molecule is Cc1ccc2oc(Nc3cccc(-c4nc5sccn5c4-c4ccnc(Nc5ccc(N6CCOCC6)cc5)n4)c3)nc2c1. The number of oxazole rings is 1. The van der Waals surface area contributed by atoms with Gasteiger partial charge < -0.3 is 24.7 Å². The summed E-state index contributed by atoms with van der Waals surface area (Å²) in [6.07, 6.45) is 3.79. The monoisotopic (exact) mass is 600 g/mol. The van der Waals surface area contributed by atoms with Crippen molar-refractivity contribution in [2.75, 3.05) is 41.8 Å². The topological polar surface area (TPSA) is 106 Å². The predicted octanol–water partition coefficient (Wildman–Crippen LogP) is 7.29. The molecule has 44 heavy (non-hydrogen) atoms. The second-order valence-electron chi connectivity index (χ2n) is 10.6. The number of thiazole rings is 1. The van der Waals surface area contributed by atoms with Crippen molar-refractivity contribution in [1.82, 2.24) is 24.3 Å². The van der Waals surface area contributed by atoms with Crippen LogP contribution in [0.3, 0.4) is 0 Å². The molecule has 218 valence electrons. The van der Waals surface area contributed by atoms with Crippen LogP contribution in [0.25, 0.3) is 38.7 Å². The van der Waals surface area contributed by atoms with Crippen molar-refractivity contribution in [3.63, 3.8) is 0 Å². The molecular formula is C33H28N8O2S. The highest BCUT2D eigenvalue weighted by Crippen LogP contribution is 2.35. The van der Waals surface area contributed by atoms with E-state index in [1.807, 2.05) is 67.0 Å². The zero-order chi connectivity index (χ0) is 29.5. The van der Waals surface area contributed by atoms with E-state index in [0.29, 0.717) is 12.0 Å². The van der Waals surface area contributed by atoms with Crippen LogP contribution in [0.15, 0.2) is 95.0 Å². The Morgan fingerprint density at radius 1 is 0.864 bits per heavy atom. The van der Waals surface area contributed by atoms with Gasteiger partial charge in [0.25, 0.3) is 6.01 Å². The number of aromatic nitrogens is 5. The molecule has 0 radical (unpaired) electrons. The van der Waals surface area contributed by atoms with E-state index in [9.17, 15) is 0 Å². The third-order valence-corrected chi connectivity index (χ3v) is 8.35. The lowest BCUT2D eigenvalue weighted by atomic mass is 10.1. The molecule has 4 aromatic heterocycles. The van der Waals surface area contributed by atoms with Gasteiger partial charge >= 0.3 is 0 Å². The van der Waals surface area contributed by atoms with Crippen LogP contribution in [-0.4, -0.2) is 50.6 Å². The molecule has 5 heterocycles. The largest absolute Gasteiger partial charge is 0.423 e. The molecule has 10 nitrogen and oxygen atoms in total. The first-order valence-corrected chi connectivity index (χ1v) is 15.3. The molecule has 2 N–H and O–H groups in total. The van der Waals surface area contributed by atoms with Gasteiger partial charge in [0.15, 0.2) is 10.5 Å². The van der Waals surface area contributed by atoms with E-state index >= 15 is 0 Å². The smallest absolute Gasteiger partial charge is 0.300 e. The lowest BCUT2D eigenvalue weighted by Crippen LogP contribution is -2.36. The Hall–Kier alpha value is -5.26. The molecule has 0 saturated carbocycles. The zero-order valence-electron chi connectivity index (χ0n) is 23.9. The summed E-state index contributed by atoms with van der Waals surface area (Å²) in [4.78, 5) is 22.2. The van der Waals surface area contributed by atoms with Crippen LogP contribution in [0.2, 0.25) is 0 Å². The Morgan fingerprint density at radius 3 is 2.64 bits per heavy atom. The normalized spacial score (nSPS) is 13.5. The lowest BCUT2D eigenvalue weighted by Gasteiger charge is -2.28. The van der Waals surface area contributed by atoms with Gasteiger partial charge in [0, 0.05) is 53.5 Å². The molecule has 1 fully saturated rings. The van der Waals surface area contributed by atoms with Gasteiger partial charge in [0.1, 0.15) is 11.2 Å². The maximum Gasteiger partial charge on any atom is 0.300 e. The van der Waals surface area contributed by atoms with E-state index in [2.05, 4.69) is 54.2 Å². The number of imidazole rings is 1. The van der Waals surface area contributed by atoms with E-state index in [1.165, 1.54) is 5.69 Å². The molecule has 0 spiro atoms. The van der Waals surface area contributed by atoms with Crippen molar-refractivity contribution in [3.8, 4) is 22.6 Å². The molecule has 1 aliphatic heterocycles. The Labute approximate surface area is 257 Å². The third-order valence-electron chi connectivity index (χ3n) is 7.59. The van der Waals surface area contributed by atoms with Crippen LogP contribution >= 0.6 is 11.3 Å². The molecule has 1 aliphatic rings. The van der Waals surface area contributed by atoms with Crippen LogP contribution in [-0.2, 0) is 4.74 Å². The Bertz CT molecular complexity index is 2090. The van der Waals surface area contributed by atoms with Gasteiger partial charge in [-0.2, -0.15) is 4.98 Å². The van der Waals surface area contributed by atoms with E-state index < -0.39 is 0 Å². The maximum atomic E-state index is 5.93. The second-order valence-corrected chi connectivity index (χ2v) is 11.5. The van der Waals surface area contributed by atoms with Crippen molar-refractivity contribution in [1.29, 1.82) is 0 Å². The van der Waals surface area contributed by atoms with E-state index in [0.717, 1.165) is 81.9 Å². The highest BCUT2D eigenvalue weighted by molar-refractivity contribution is 7.15. The summed E-state index contributed by atoms with van der Waals surface area (Å²) in [7, 11) is 0. The molecule has 0 unspecified atom stereocenters. The van der Waals surface area contributed by atoms with Gasteiger partial charge in [-0.25, -0.2) is 15.0 Å². The number of hydrogen-bond donors (Lipinski definition) is 2. The van der Waals surface area contributed by atoms with E-state index in [4.69, 9.17) is 19.1 Å². The van der Waals surface area contributed by atoms with Crippen molar-refractivity contribution in [3.05, 3.63) is 96.1 Å². The van der Waals surface area contributed by atoms with Gasteiger partial charge in [-0.3, -0.25) is 4.40 Å². The van der Waals surface area contributed by atoms with Crippen LogP contribution in [0.1, 0.15) is 5.56 Å². The standard InChI is InChI=1S/C33H28N8O2S/c1-21-5-10-28-27(19-21)38-32(43-28)36-24-4-2-3-22(20-24)29-30(41-15-18-44-33(41)39-29)26-11-12-34-31(37-26)35-23-6-8-25(9-7-23)40-13-16-42-17-14-40/h2-12,15,18-20H,13-14,16-17H2,1H3,(H,36,38)(H,34,35,37). The Balaban J connectivity index is 1.09. The average Bonchev–Trinajstić information content (AvgIpc) is 3.76. The molecule has 11 heteroatoms. The van der Waals surface area contributed by atoms with Crippen molar-refractivity contribution in [2.24, 2.45) is 0 Å². The number of morpholine rings is 1. The van der Waals surface area contributed by atoms with Crippen molar-refractivity contribution >= 4 is 56.4 Å². The number of nitrogens with one attached hydrogen (secondary N) is 2. The number of hydrogen-bond acceptors (Lipinski definition) is 10. The predicted molar refractivity (Wildman–Crippen MR) is 174 cm³/mol. The van der Waals surface area contributed by atoms with Gasteiger partial charge in [-0.15, -0.1) is 11.3 Å². The molecule has 8 rings (SSSR count). The minimum Gasteiger partial charge on any atom is -0.423 e. The second kappa shape index (κ2) is 11.1. The number of rotatable bonds is 7. The number of fused-ring (bicyclic) bond motifs is 2. The molecule has 0 atom stereocenters.